The van der Waals surface area contributed by atoms with E-state index in [4.69, 9.17) is 0 Å². The maximum absolute atomic E-state index is 11.5. The number of rotatable bonds is 8. The smallest absolute Gasteiger partial charge is 0.239 e. The quantitative estimate of drug-likeness (QED) is 0.354. The fraction of sp³-hybridized carbons (Fsp3) is 0.875. The van der Waals surface area contributed by atoms with Gasteiger partial charge in [0.05, 0.1) is 6.54 Å². The van der Waals surface area contributed by atoms with Crippen LogP contribution in [0.25, 0.3) is 0 Å². The highest BCUT2D eigenvalue weighted by Gasteiger charge is 2.17. The molecular formula is C16H33N5O. The van der Waals surface area contributed by atoms with Crippen LogP contribution in [0.2, 0.25) is 0 Å². The van der Waals surface area contributed by atoms with Crippen LogP contribution in [0, 0.1) is 0 Å². The number of amides is 1. The molecule has 0 saturated carbocycles. The predicted octanol–water partition coefficient (Wildman–Crippen LogP) is 0.942. The lowest BCUT2D eigenvalue weighted by atomic mass is 10.0. The number of carbonyl (C=O) groups is 1. The molecule has 0 spiro atoms. The van der Waals surface area contributed by atoms with Crippen molar-refractivity contribution in [1.29, 1.82) is 0 Å². The van der Waals surface area contributed by atoms with E-state index in [0.717, 1.165) is 32.5 Å². The van der Waals surface area contributed by atoms with Gasteiger partial charge in [-0.3, -0.25) is 9.79 Å². The van der Waals surface area contributed by atoms with Gasteiger partial charge in [0.25, 0.3) is 0 Å². The Bertz CT molecular complexity index is 345. The second-order valence-corrected chi connectivity index (χ2v) is 5.94. The van der Waals surface area contributed by atoms with Crippen molar-refractivity contribution < 1.29 is 4.79 Å². The Morgan fingerprint density at radius 2 is 2.05 bits per heavy atom. The molecule has 0 radical (unpaired) electrons. The van der Waals surface area contributed by atoms with Gasteiger partial charge < -0.3 is 20.9 Å². The van der Waals surface area contributed by atoms with Gasteiger partial charge in [0.2, 0.25) is 5.91 Å². The summed E-state index contributed by atoms with van der Waals surface area (Å²) in [4.78, 5) is 18.2. The molecule has 22 heavy (non-hydrogen) atoms. The highest BCUT2D eigenvalue weighted by Crippen LogP contribution is 2.15. The van der Waals surface area contributed by atoms with Crippen LogP contribution in [-0.4, -0.2) is 62.6 Å². The van der Waals surface area contributed by atoms with Gasteiger partial charge >= 0.3 is 0 Å². The van der Waals surface area contributed by atoms with Gasteiger partial charge in [-0.15, -0.1) is 0 Å². The number of likely N-dealkylation sites (tertiary alicyclic amines) is 1. The Balaban J connectivity index is 2.12. The first-order valence-corrected chi connectivity index (χ1v) is 8.62. The average molecular weight is 311 g/mol. The summed E-state index contributed by atoms with van der Waals surface area (Å²) in [6.45, 7) is 8.58. The topological polar surface area (TPSA) is 68.8 Å². The lowest BCUT2D eigenvalue weighted by molar-refractivity contribution is -0.120. The Labute approximate surface area is 135 Å². The van der Waals surface area contributed by atoms with E-state index < -0.39 is 0 Å². The lowest BCUT2D eigenvalue weighted by Crippen LogP contribution is -2.44. The first-order valence-electron chi connectivity index (χ1n) is 8.62. The van der Waals surface area contributed by atoms with E-state index in [1.54, 1.807) is 7.05 Å². The zero-order valence-corrected chi connectivity index (χ0v) is 14.5. The molecule has 3 N–H and O–H groups in total. The van der Waals surface area contributed by atoms with E-state index in [1.165, 1.54) is 25.8 Å². The normalized spacial score (nSPS) is 19.8. The summed E-state index contributed by atoms with van der Waals surface area (Å²) < 4.78 is 0. The van der Waals surface area contributed by atoms with Crippen LogP contribution >= 0.6 is 0 Å². The molecule has 1 fully saturated rings. The number of aliphatic imine (C=N–C) groups is 1. The minimum absolute atomic E-state index is 0.00643. The van der Waals surface area contributed by atoms with Gasteiger partial charge in [0, 0.05) is 32.7 Å². The average Bonchev–Trinajstić information content (AvgIpc) is 2.53. The number of piperidine rings is 1. The van der Waals surface area contributed by atoms with Crippen molar-refractivity contribution >= 4 is 11.9 Å². The van der Waals surface area contributed by atoms with Gasteiger partial charge in [0.1, 0.15) is 0 Å². The molecule has 0 bridgehead atoms. The Morgan fingerprint density at radius 3 is 2.73 bits per heavy atom. The van der Waals surface area contributed by atoms with Crippen molar-refractivity contribution in [3.63, 3.8) is 0 Å². The largest absolute Gasteiger partial charge is 0.356 e. The van der Waals surface area contributed by atoms with Crippen molar-refractivity contribution in [1.82, 2.24) is 20.9 Å². The maximum atomic E-state index is 11.5. The summed E-state index contributed by atoms with van der Waals surface area (Å²) >= 11 is 0. The molecule has 0 aliphatic carbocycles. The summed E-state index contributed by atoms with van der Waals surface area (Å²) in [7, 11) is 1.73. The Kier molecular flexibility index (Phi) is 9.62. The summed E-state index contributed by atoms with van der Waals surface area (Å²) in [5.41, 5.74) is 0. The second-order valence-electron chi connectivity index (χ2n) is 5.94. The molecular weight excluding hydrogens is 278 g/mol. The molecule has 6 heteroatoms. The van der Waals surface area contributed by atoms with E-state index in [9.17, 15) is 4.79 Å². The van der Waals surface area contributed by atoms with Crippen LogP contribution in [0.15, 0.2) is 4.99 Å². The monoisotopic (exact) mass is 311 g/mol. The number of hydrogen-bond donors (Lipinski definition) is 3. The first-order chi connectivity index (χ1) is 10.7. The summed E-state index contributed by atoms with van der Waals surface area (Å²) in [6.07, 6.45) is 6.06. The third kappa shape index (κ3) is 7.64. The van der Waals surface area contributed by atoms with E-state index >= 15 is 0 Å². The lowest BCUT2D eigenvalue weighted by Gasteiger charge is -2.33. The number of hydrogen-bond acceptors (Lipinski definition) is 3. The van der Waals surface area contributed by atoms with E-state index in [2.05, 4.69) is 32.8 Å². The van der Waals surface area contributed by atoms with Gasteiger partial charge in [-0.2, -0.15) is 0 Å². The zero-order chi connectivity index (χ0) is 16.2. The Hall–Kier alpha value is -1.30. The molecule has 1 unspecified atom stereocenters. The van der Waals surface area contributed by atoms with Crippen molar-refractivity contribution in [2.75, 3.05) is 39.8 Å². The van der Waals surface area contributed by atoms with Crippen LogP contribution in [0.3, 0.4) is 0 Å². The van der Waals surface area contributed by atoms with Gasteiger partial charge in [-0.1, -0.05) is 13.3 Å². The molecule has 1 saturated heterocycles. The molecule has 0 aromatic heterocycles. The molecule has 6 nitrogen and oxygen atoms in total. The molecule has 1 aliphatic heterocycles. The molecule has 0 aromatic rings. The predicted molar refractivity (Wildman–Crippen MR) is 92.2 cm³/mol. The second kappa shape index (κ2) is 11.3. The number of nitrogens with one attached hydrogen (secondary N) is 3. The highest BCUT2D eigenvalue weighted by molar-refractivity contribution is 5.86. The minimum Gasteiger partial charge on any atom is -0.356 e. The fourth-order valence-corrected chi connectivity index (χ4v) is 2.69. The van der Waals surface area contributed by atoms with Crippen LogP contribution in [0.1, 0.15) is 46.0 Å². The zero-order valence-electron chi connectivity index (χ0n) is 14.5. The molecule has 1 heterocycles. The van der Waals surface area contributed by atoms with Gasteiger partial charge in [0.15, 0.2) is 5.96 Å². The maximum Gasteiger partial charge on any atom is 0.239 e. The van der Waals surface area contributed by atoms with E-state index in [1.807, 2.05) is 6.92 Å². The van der Waals surface area contributed by atoms with Crippen molar-refractivity contribution in [3.8, 4) is 0 Å². The van der Waals surface area contributed by atoms with Crippen LogP contribution < -0.4 is 16.0 Å². The molecule has 1 aliphatic rings. The third-order valence-corrected chi connectivity index (χ3v) is 4.07. The van der Waals surface area contributed by atoms with Crippen molar-refractivity contribution in [2.24, 2.45) is 4.99 Å². The van der Waals surface area contributed by atoms with Crippen LogP contribution in [-0.2, 0) is 4.79 Å². The minimum atomic E-state index is 0.00643. The SMILES string of the molecule is CCCNC(=O)CNC(=NC)NCCCN1CCCCC1C. The van der Waals surface area contributed by atoms with E-state index in [-0.39, 0.29) is 12.5 Å². The standard InChI is InChI=1S/C16H33N5O/c1-4-9-18-15(22)13-20-16(17-3)19-10-7-12-21-11-6-5-8-14(21)2/h14H,4-13H2,1-3H3,(H,18,22)(H2,17,19,20). The van der Waals surface area contributed by atoms with Crippen LogP contribution in [0.4, 0.5) is 0 Å². The molecule has 128 valence electrons. The number of nitrogens with zero attached hydrogens (tertiary/aromatic N) is 2. The molecule has 1 amide bonds. The molecule has 1 atom stereocenters. The highest BCUT2D eigenvalue weighted by atomic mass is 16.1. The van der Waals surface area contributed by atoms with Crippen LogP contribution in [0.5, 0.6) is 0 Å². The fourth-order valence-electron chi connectivity index (χ4n) is 2.69. The van der Waals surface area contributed by atoms with Crippen molar-refractivity contribution in [3.05, 3.63) is 0 Å². The Morgan fingerprint density at radius 1 is 1.23 bits per heavy atom. The molecule has 1 rings (SSSR count). The molecule has 0 aromatic carbocycles. The third-order valence-electron chi connectivity index (χ3n) is 4.07. The van der Waals surface area contributed by atoms with Gasteiger partial charge in [-0.05, 0) is 39.2 Å². The number of carbonyl (C=O) groups excluding carboxylic acids is 1. The summed E-state index contributed by atoms with van der Waals surface area (Å²) in [5.74, 6) is 0.699. The van der Waals surface area contributed by atoms with Crippen molar-refractivity contribution in [2.45, 2.75) is 52.0 Å². The first kappa shape index (κ1) is 18.7. The number of guanidine groups is 1. The van der Waals surface area contributed by atoms with Gasteiger partial charge in [-0.25, -0.2) is 0 Å². The summed E-state index contributed by atoms with van der Waals surface area (Å²) in [6, 6.07) is 0.716. The van der Waals surface area contributed by atoms with E-state index in [0.29, 0.717) is 12.0 Å². The summed E-state index contributed by atoms with van der Waals surface area (Å²) in [5, 5.41) is 9.14.